The van der Waals surface area contributed by atoms with E-state index in [9.17, 15) is 9.59 Å². The monoisotopic (exact) mass is 363 g/mol. The van der Waals surface area contributed by atoms with Crippen molar-refractivity contribution >= 4 is 29.1 Å². The lowest BCUT2D eigenvalue weighted by Crippen LogP contribution is -2.50. The quantitative estimate of drug-likeness (QED) is 0.775. The molecular formula is C19H26ClN3O2. The predicted molar refractivity (Wildman–Crippen MR) is 99.8 cm³/mol. The van der Waals surface area contributed by atoms with Crippen molar-refractivity contribution in [1.29, 1.82) is 0 Å². The number of hydrogen-bond donors (Lipinski definition) is 0. The highest BCUT2D eigenvalue weighted by atomic mass is 35.5. The van der Waals surface area contributed by atoms with Gasteiger partial charge in [-0.05, 0) is 37.0 Å². The molecule has 2 saturated heterocycles. The second-order valence-corrected chi connectivity index (χ2v) is 7.55. The molecule has 136 valence electrons. The van der Waals surface area contributed by atoms with Crippen LogP contribution in [0.3, 0.4) is 0 Å². The summed E-state index contributed by atoms with van der Waals surface area (Å²) in [6, 6.07) is 7.77. The van der Waals surface area contributed by atoms with Crippen LogP contribution in [0.15, 0.2) is 24.3 Å². The Morgan fingerprint density at radius 3 is 2.48 bits per heavy atom. The maximum Gasteiger partial charge on any atom is 0.232 e. The second-order valence-electron chi connectivity index (χ2n) is 7.11. The molecule has 25 heavy (non-hydrogen) atoms. The lowest BCUT2D eigenvalue weighted by atomic mass is 10.00. The zero-order valence-electron chi connectivity index (χ0n) is 14.8. The van der Waals surface area contributed by atoms with Gasteiger partial charge in [-0.15, -0.1) is 0 Å². The number of halogens is 1. The average Bonchev–Trinajstić information content (AvgIpc) is 2.62. The summed E-state index contributed by atoms with van der Waals surface area (Å²) in [6.45, 7) is 6.57. The Kier molecular flexibility index (Phi) is 5.84. The molecule has 1 aromatic carbocycles. The number of rotatable bonds is 3. The van der Waals surface area contributed by atoms with Gasteiger partial charge >= 0.3 is 0 Å². The largest absolute Gasteiger partial charge is 0.368 e. The van der Waals surface area contributed by atoms with E-state index in [1.165, 1.54) is 6.42 Å². The molecule has 5 nitrogen and oxygen atoms in total. The van der Waals surface area contributed by atoms with Crippen molar-refractivity contribution in [3.05, 3.63) is 29.3 Å². The maximum absolute atomic E-state index is 12.5. The summed E-state index contributed by atoms with van der Waals surface area (Å²) >= 11 is 6.05. The highest BCUT2D eigenvalue weighted by Gasteiger charge is 2.27. The smallest absolute Gasteiger partial charge is 0.232 e. The number of benzene rings is 1. The SMILES string of the molecule is CC1CCCN(C(=O)CC(=O)N2CCN(c3cccc(Cl)c3)CC2)C1. The molecule has 2 aliphatic rings. The molecule has 0 aromatic heterocycles. The predicted octanol–water partition coefficient (Wildman–Crippen LogP) is 2.64. The minimum Gasteiger partial charge on any atom is -0.368 e. The van der Waals surface area contributed by atoms with Gasteiger partial charge in [0.2, 0.25) is 11.8 Å². The Morgan fingerprint density at radius 2 is 1.80 bits per heavy atom. The van der Waals surface area contributed by atoms with Crippen LogP contribution in [-0.4, -0.2) is 60.9 Å². The molecule has 0 N–H and O–H groups in total. The van der Waals surface area contributed by atoms with Gasteiger partial charge in [-0.3, -0.25) is 9.59 Å². The molecule has 2 heterocycles. The normalized spacial score (nSPS) is 21.4. The first-order valence-corrected chi connectivity index (χ1v) is 9.47. The number of carbonyl (C=O) groups is 2. The summed E-state index contributed by atoms with van der Waals surface area (Å²) in [5, 5.41) is 0.720. The number of piperazine rings is 1. The fourth-order valence-electron chi connectivity index (χ4n) is 3.66. The Bertz CT molecular complexity index is 629. The van der Waals surface area contributed by atoms with Crippen LogP contribution in [0.1, 0.15) is 26.2 Å². The van der Waals surface area contributed by atoms with Crippen LogP contribution in [0.2, 0.25) is 5.02 Å². The molecule has 1 atom stereocenters. The van der Waals surface area contributed by atoms with E-state index in [1.54, 1.807) is 0 Å². The van der Waals surface area contributed by atoms with E-state index in [-0.39, 0.29) is 18.2 Å². The van der Waals surface area contributed by atoms with Gasteiger partial charge in [-0.1, -0.05) is 24.6 Å². The van der Waals surface area contributed by atoms with Gasteiger partial charge in [0.1, 0.15) is 6.42 Å². The molecule has 2 amide bonds. The first kappa shape index (κ1) is 18.1. The molecular weight excluding hydrogens is 338 g/mol. The average molecular weight is 364 g/mol. The van der Waals surface area contributed by atoms with E-state index < -0.39 is 0 Å². The third-order valence-corrected chi connectivity index (χ3v) is 5.35. The fourth-order valence-corrected chi connectivity index (χ4v) is 3.84. The number of anilines is 1. The summed E-state index contributed by atoms with van der Waals surface area (Å²) in [6.07, 6.45) is 2.21. The van der Waals surface area contributed by atoms with Crippen LogP contribution < -0.4 is 4.90 Å². The van der Waals surface area contributed by atoms with Gasteiger partial charge in [0.25, 0.3) is 0 Å². The van der Waals surface area contributed by atoms with Crippen molar-refractivity contribution in [2.45, 2.75) is 26.2 Å². The van der Waals surface area contributed by atoms with Gasteiger partial charge < -0.3 is 14.7 Å². The van der Waals surface area contributed by atoms with Crippen LogP contribution in [-0.2, 0) is 9.59 Å². The number of amides is 2. The Balaban J connectivity index is 1.49. The molecule has 2 aliphatic heterocycles. The zero-order chi connectivity index (χ0) is 17.8. The Hall–Kier alpha value is -1.75. The number of piperidine rings is 1. The number of carbonyl (C=O) groups excluding carboxylic acids is 2. The molecule has 0 radical (unpaired) electrons. The number of nitrogens with zero attached hydrogens (tertiary/aromatic N) is 3. The second kappa shape index (κ2) is 8.09. The molecule has 3 rings (SSSR count). The van der Waals surface area contributed by atoms with Crippen molar-refractivity contribution < 1.29 is 9.59 Å². The molecule has 0 spiro atoms. The highest BCUT2D eigenvalue weighted by Crippen LogP contribution is 2.21. The minimum atomic E-state index is -0.0472. The van der Waals surface area contributed by atoms with E-state index in [0.717, 1.165) is 43.3 Å². The van der Waals surface area contributed by atoms with Gasteiger partial charge in [-0.25, -0.2) is 0 Å². The first-order chi connectivity index (χ1) is 12.0. The lowest BCUT2D eigenvalue weighted by Gasteiger charge is -2.37. The third kappa shape index (κ3) is 4.66. The summed E-state index contributed by atoms with van der Waals surface area (Å²) in [7, 11) is 0. The fraction of sp³-hybridized carbons (Fsp3) is 0.579. The summed E-state index contributed by atoms with van der Waals surface area (Å²) in [5.74, 6) is 0.469. The zero-order valence-corrected chi connectivity index (χ0v) is 15.5. The van der Waals surface area contributed by atoms with Crippen molar-refractivity contribution in [3.63, 3.8) is 0 Å². The summed E-state index contributed by atoms with van der Waals surface area (Å²) in [4.78, 5) is 30.7. The summed E-state index contributed by atoms with van der Waals surface area (Å²) < 4.78 is 0. The standard InChI is InChI=1S/C19H26ClN3O2/c1-15-4-3-7-23(14-15)19(25)13-18(24)22-10-8-21(9-11-22)17-6-2-5-16(20)12-17/h2,5-6,12,15H,3-4,7-11,13-14H2,1H3. The number of likely N-dealkylation sites (tertiary alicyclic amines) is 1. The van der Waals surface area contributed by atoms with E-state index in [4.69, 9.17) is 11.6 Å². The highest BCUT2D eigenvalue weighted by molar-refractivity contribution is 6.30. The topological polar surface area (TPSA) is 43.9 Å². The molecule has 0 aliphatic carbocycles. The maximum atomic E-state index is 12.5. The minimum absolute atomic E-state index is 0.00385. The van der Waals surface area contributed by atoms with Crippen molar-refractivity contribution in [2.75, 3.05) is 44.2 Å². The number of hydrogen-bond acceptors (Lipinski definition) is 3. The molecule has 6 heteroatoms. The Morgan fingerprint density at radius 1 is 1.08 bits per heavy atom. The van der Waals surface area contributed by atoms with Crippen molar-refractivity contribution in [1.82, 2.24) is 9.80 Å². The molecule has 0 saturated carbocycles. The van der Waals surface area contributed by atoms with E-state index in [0.29, 0.717) is 19.0 Å². The van der Waals surface area contributed by atoms with Gasteiger partial charge in [0, 0.05) is 50.0 Å². The molecule has 2 fully saturated rings. The van der Waals surface area contributed by atoms with Gasteiger partial charge in [-0.2, -0.15) is 0 Å². The van der Waals surface area contributed by atoms with E-state index >= 15 is 0 Å². The van der Waals surface area contributed by atoms with Crippen LogP contribution in [0.4, 0.5) is 5.69 Å². The van der Waals surface area contributed by atoms with Crippen LogP contribution in [0.5, 0.6) is 0 Å². The lowest BCUT2D eigenvalue weighted by molar-refractivity contribution is -0.141. The first-order valence-electron chi connectivity index (χ1n) is 9.09. The van der Waals surface area contributed by atoms with Crippen molar-refractivity contribution in [3.8, 4) is 0 Å². The molecule has 1 unspecified atom stereocenters. The van der Waals surface area contributed by atoms with Crippen LogP contribution in [0.25, 0.3) is 0 Å². The Labute approximate surface area is 154 Å². The van der Waals surface area contributed by atoms with E-state index in [1.807, 2.05) is 34.1 Å². The summed E-state index contributed by atoms with van der Waals surface area (Å²) in [5.41, 5.74) is 1.08. The van der Waals surface area contributed by atoms with Gasteiger partial charge in [0.05, 0.1) is 0 Å². The van der Waals surface area contributed by atoms with E-state index in [2.05, 4.69) is 11.8 Å². The molecule has 1 aromatic rings. The van der Waals surface area contributed by atoms with Crippen LogP contribution >= 0.6 is 11.6 Å². The third-order valence-electron chi connectivity index (χ3n) is 5.12. The van der Waals surface area contributed by atoms with Crippen LogP contribution in [0, 0.1) is 5.92 Å². The van der Waals surface area contributed by atoms with Gasteiger partial charge in [0.15, 0.2) is 0 Å². The van der Waals surface area contributed by atoms with Crippen molar-refractivity contribution in [2.24, 2.45) is 5.92 Å². The molecule has 0 bridgehead atoms.